The van der Waals surface area contributed by atoms with E-state index >= 15 is 0 Å². The lowest BCUT2D eigenvalue weighted by Gasteiger charge is -2.25. The fraction of sp³-hybridized carbons (Fsp3) is 0.538. The molecule has 0 fully saturated rings. The molecule has 0 aliphatic carbocycles. The molecule has 0 bridgehead atoms. The zero-order valence-corrected chi connectivity index (χ0v) is 12.7. The fourth-order valence-corrected chi connectivity index (χ4v) is 3.39. The van der Waals surface area contributed by atoms with E-state index in [0.29, 0.717) is 18.0 Å². The van der Waals surface area contributed by atoms with Gasteiger partial charge in [0.25, 0.3) is 0 Å². The van der Waals surface area contributed by atoms with E-state index in [0.717, 1.165) is 5.69 Å². The first-order valence-corrected chi connectivity index (χ1v) is 7.66. The Labute approximate surface area is 115 Å². The number of hydrogen-bond donors (Lipinski definition) is 1. The quantitative estimate of drug-likeness (QED) is 0.830. The normalized spacial score (nSPS) is 12.1. The standard InChI is InChI=1S/C13H22N2O3S/c1-11(2)15(9-10-18-4)19(16,17)13-7-5-12(14-3)6-8-13/h5-8,11,14H,9-10H2,1-4H3. The molecule has 6 heteroatoms. The summed E-state index contributed by atoms with van der Waals surface area (Å²) in [6, 6.07) is 6.62. The molecule has 1 aromatic carbocycles. The topological polar surface area (TPSA) is 58.6 Å². The number of sulfonamides is 1. The minimum Gasteiger partial charge on any atom is -0.388 e. The SMILES string of the molecule is CNc1ccc(S(=O)(=O)N(CCOC)C(C)C)cc1. The summed E-state index contributed by atoms with van der Waals surface area (Å²) in [7, 11) is -0.115. The summed E-state index contributed by atoms with van der Waals surface area (Å²) in [6.45, 7) is 4.45. The number of ether oxygens (including phenoxy) is 1. The summed E-state index contributed by atoms with van der Waals surface area (Å²) in [5, 5.41) is 2.96. The second kappa shape index (κ2) is 6.88. The Kier molecular flexibility index (Phi) is 5.78. The van der Waals surface area contributed by atoms with Gasteiger partial charge in [-0.1, -0.05) is 0 Å². The third-order valence-corrected chi connectivity index (χ3v) is 4.93. The number of hydrogen-bond acceptors (Lipinski definition) is 4. The first-order valence-electron chi connectivity index (χ1n) is 6.22. The van der Waals surface area contributed by atoms with Crippen molar-refractivity contribution in [3.8, 4) is 0 Å². The fourth-order valence-electron chi connectivity index (χ4n) is 1.77. The van der Waals surface area contributed by atoms with Gasteiger partial charge in [-0.2, -0.15) is 4.31 Å². The highest BCUT2D eigenvalue weighted by molar-refractivity contribution is 7.89. The van der Waals surface area contributed by atoms with Crippen LogP contribution in [0, 0.1) is 0 Å². The highest BCUT2D eigenvalue weighted by Gasteiger charge is 2.26. The Morgan fingerprint density at radius 1 is 1.26 bits per heavy atom. The highest BCUT2D eigenvalue weighted by atomic mass is 32.2. The second-order valence-electron chi connectivity index (χ2n) is 4.48. The van der Waals surface area contributed by atoms with Crippen LogP contribution in [0.15, 0.2) is 29.2 Å². The Morgan fingerprint density at radius 3 is 2.26 bits per heavy atom. The van der Waals surface area contributed by atoms with E-state index in [4.69, 9.17) is 4.74 Å². The van der Waals surface area contributed by atoms with Crippen LogP contribution in [0.5, 0.6) is 0 Å². The van der Waals surface area contributed by atoms with E-state index in [1.165, 1.54) is 4.31 Å². The maximum absolute atomic E-state index is 12.5. The van der Waals surface area contributed by atoms with Crippen LogP contribution in [-0.4, -0.2) is 46.1 Å². The van der Waals surface area contributed by atoms with Crippen LogP contribution in [0.1, 0.15) is 13.8 Å². The molecule has 0 amide bonds. The molecule has 0 atom stereocenters. The summed E-state index contributed by atoms with van der Waals surface area (Å²) >= 11 is 0. The van der Waals surface area contributed by atoms with Crippen molar-refractivity contribution < 1.29 is 13.2 Å². The Bertz CT molecular complexity index is 483. The van der Waals surface area contributed by atoms with Crippen molar-refractivity contribution >= 4 is 15.7 Å². The third kappa shape index (κ3) is 3.92. The van der Waals surface area contributed by atoms with Crippen LogP contribution in [0.3, 0.4) is 0 Å². The number of rotatable bonds is 7. The molecule has 1 rings (SSSR count). The van der Waals surface area contributed by atoms with Crippen molar-refractivity contribution in [1.82, 2.24) is 4.31 Å². The van der Waals surface area contributed by atoms with Crippen molar-refractivity contribution in [2.45, 2.75) is 24.8 Å². The lowest BCUT2D eigenvalue weighted by molar-refractivity contribution is 0.171. The van der Waals surface area contributed by atoms with Crippen molar-refractivity contribution in [3.63, 3.8) is 0 Å². The summed E-state index contributed by atoms with van der Waals surface area (Å²) in [5.41, 5.74) is 0.881. The van der Waals surface area contributed by atoms with E-state index in [1.54, 1.807) is 38.4 Å². The molecule has 0 saturated heterocycles. The van der Waals surface area contributed by atoms with Gasteiger partial charge in [0, 0.05) is 32.4 Å². The molecule has 1 aromatic rings. The summed E-state index contributed by atoms with van der Waals surface area (Å²) in [5.74, 6) is 0. The van der Waals surface area contributed by atoms with Gasteiger partial charge in [0.2, 0.25) is 10.0 Å². The van der Waals surface area contributed by atoms with Crippen molar-refractivity contribution in [3.05, 3.63) is 24.3 Å². The van der Waals surface area contributed by atoms with Gasteiger partial charge in [0.1, 0.15) is 0 Å². The molecule has 0 unspecified atom stereocenters. The largest absolute Gasteiger partial charge is 0.388 e. The molecule has 0 radical (unpaired) electrons. The van der Waals surface area contributed by atoms with Gasteiger partial charge >= 0.3 is 0 Å². The van der Waals surface area contributed by atoms with Crippen LogP contribution < -0.4 is 5.32 Å². The van der Waals surface area contributed by atoms with E-state index in [-0.39, 0.29) is 6.04 Å². The molecule has 19 heavy (non-hydrogen) atoms. The van der Waals surface area contributed by atoms with Gasteiger partial charge in [-0.3, -0.25) is 0 Å². The average molecular weight is 286 g/mol. The second-order valence-corrected chi connectivity index (χ2v) is 6.37. The molecule has 0 heterocycles. The molecule has 1 N–H and O–H groups in total. The Morgan fingerprint density at radius 2 is 1.84 bits per heavy atom. The van der Waals surface area contributed by atoms with E-state index < -0.39 is 10.0 Å². The lowest BCUT2D eigenvalue weighted by Crippen LogP contribution is -2.39. The molecular formula is C13H22N2O3S. The zero-order chi connectivity index (χ0) is 14.5. The molecule has 108 valence electrons. The first-order chi connectivity index (χ1) is 8.93. The predicted molar refractivity (Wildman–Crippen MR) is 76.9 cm³/mol. The highest BCUT2D eigenvalue weighted by Crippen LogP contribution is 2.20. The number of anilines is 1. The molecule has 0 aliphatic heterocycles. The minimum atomic E-state index is -3.47. The van der Waals surface area contributed by atoms with Gasteiger partial charge in [0.05, 0.1) is 11.5 Å². The Balaban J connectivity index is 3.04. The smallest absolute Gasteiger partial charge is 0.243 e. The van der Waals surface area contributed by atoms with Gasteiger partial charge in [-0.25, -0.2) is 8.42 Å². The van der Waals surface area contributed by atoms with Crippen LogP contribution in [0.2, 0.25) is 0 Å². The molecule has 5 nitrogen and oxygen atoms in total. The Hall–Kier alpha value is -1.11. The van der Waals surface area contributed by atoms with Gasteiger partial charge < -0.3 is 10.1 Å². The summed E-state index contributed by atoms with van der Waals surface area (Å²) < 4.78 is 31.5. The molecular weight excluding hydrogens is 264 g/mol. The molecule has 0 saturated carbocycles. The summed E-state index contributed by atoms with van der Waals surface area (Å²) in [4.78, 5) is 0.302. The van der Waals surface area contributed by atoms with Crippen LogP contribution in [-0.2, 0) is 14.8 Å². The third-order valence-electron chi connectivity index (χ3n) is 2.84. The van der Waals surface area contributed by atoms with Crippen LogP contribution in [0.4, 0.5) is 5.69 Å². The van der Waals surface area contributed by atoms with Crippen molar-refractivity contribution in [2.24, 2.45) is 0 Å². The molecule has 0 spiro atoms. The maximum atomic E-state index is 12.5. The number of nitrogens with one attached hydrogen (secondary N) is 1. The van der Waals surface area contributed by atoms with Gasteiger partial charge in [-0.05, 0) is 38.1 Å². The number of benzene rings is 1. The monoisotopic (exact) mass is 286 g/mol. The summed E-state index contributed by atoms with van der Waals surface area (Å²) in [6.07, 6.45) is 0. The van der Waals surface area contributed by atoms with E-state index in [1.807, 2.05) is 13.8 Å². The number of methoxy groups -OCH3 is 1. The maximum Gasteiger partial charge on any atom is 0.243 e. The number of nitrogens with zero attached hydrogens (tertiary/aromatic N) is 1. The van der Waals surface area contributed by atoms with Crippen LogP contribution >= 0.6 is 0 Å². The van der Waals surface area contributed by atoms with Crippen molar-refractivity contribution in [1.29, 1.82) is 0 Å². The molecule has 0 aliphatic rings. The minimum absolute atomic E-state index is 0.107. The van der Waals surface area contributed by atoms with Gasteiger partial charge in [0.15, 0.2) is 0 Å². The van der Waals surface area contributed by atoms with E-state index in [9.17, 15) is 8.42 Å². The van der Waals surface area contributed by atoms with Gasteiger partial charge in [-0.15, -0.1) is 0 Å². The first kappa shape index (κ1) is 15.9. The lowest BCUT2D eigenvalue weighted by atomic mass is 10.3. The average Bonchev–Trinajstić information content (AvgIpc) is 2.38. The molecule has 0 aromatic heterocycles. The van der Waals surface area contributed by atoms with Crippen LogP contribution in [0.25, 0.3) is 0 Å². The zero-order valence-electron chi connectivity index (χ0n) is 11.9. The van der Waals surface area contributed by atoms with Crippen molar-refractivity contribution in [2.75, 3.05) is 32.6 Å². The van der Waals surface area contributed by atoms with E-state index in [2.05, 4.69) is 5.32 Å². The predicted octanol–water partition coefficient (Wildman–Crippen LogP) is 1.77.